The Morgan fingerprint density at radius 3 is 2.60 bits per heavy atom. The third-order valence-electron chi connectivity index (χ3n) is 4.20. The van der Waals surface area contributed by atoms with Gasteiger partial charge >= 0.3 is 0 Å². The molecule has 0 radical (unpaired) electrons. The number of fused-ring (bicyclic) bond motifs is 1. The molecule has 7 heteroatoms. The molecule has 1 aliphatic heterocycles. The molecule has 1 heterocycles. The zero-order valence-electron chi connectivity index (χ0n) is 15.7. The number of nitrogens with zero attached hydrogens (tertiary/aromatic N) is 1. The average molecular weight is 433 g/mol. The number of hydrogen-bond acceptors (Lipinski definition) is 4. The first kappa shape index (κ1) is 20.5. The van der Waals surface area contributed by atoms with E-state index in [0.29, 0.717) is 12.3 Å². The van der Waals surface area contributed by atoms with Gasteiger partial charge in [-0.05, 0) is 33.8 Å². The number of anilines is 1. The molecular weight excluding hydrogens is 404 g/mol. The molecule has 1 atom stereocenters. The first-order valence-electron chi connectivity index (χ1n) is 8.72. The van der Waals surface area contributed by atoms with Gasteiger partial charge in [0, 0.05) is 25.2 Å². The third kappa shape index (κ3) is 5.11. The van der Waals surface area contributed by atoms with Gasteiger partial charge < -0.3 is 9.64 Å². The van der Waals surface area contributed by atoms with E-state index in [9.17, 15) is 8.42 Å². The van der Waals surface area contributed by atoms with Crippen LogP contribution in [0.5, 0.6) is 5.75 Å². The Morgan fingerprint density at radius 2 is 2.04 bits per heavy atom. The number of hydrogen-bond donors (Lipinski definition) is 1. The van der Waals surface area contributed by atoms with E-state index in [1.165, 1.54) is 0 Å². The summed E-state index contributed by atoms with van der Waals surface area (Å²) in [4.78, 5) is 2.48. The lowest BCUT2D eigenvalue weighted by atomic mass is 9.95. The van der Waals surface area contributed by atoms with Crippen LogP contribution in [0.2, 0.25) is 0 Å². The summed E-state index contributed by atoms with van der Waals surface area (Å²) >= 11 is 3.50. The summed E-state index contributed by atoms with van der Waals surface area (Å²) in [5.74, 6) is 0.520. The summed E-state index contributed by atoms with van der Waals surface area (Å²) in [6.07, 6.45) is 2.88. The van der Waals surface area contributed by atoms with Crippen molar-refractivity contribution in [3.05, 3.63) is 16.6 Å². The maximum atomic E-state index is 12.9. The minimum atomic E-state index is -3.59. The lowest BCUT2D eigenvalue weighted by Crippen LogP contribution is -2.43. The van der Waals surface area contributed by atoms with Crippen LogP contribution in [-0.2, 0) is 10.0 Å². The first-order chi connectivity index (χ1) is 11.6. The summed E-state index contributed by atoms with van der Waals surface area (Å²) < 4.78 is 34.9. The molecule has 1 N–H and O–H groups in total. The number of halogens is 1. The Morgan fingerprint density at radius 1 is 1.36 bits per heavy atom. The molecule has 142 valence electrons. The highest BCUT2D eigenvalue weighted by molar-refractivity contribution is 9.10. The van der Waals surface area contributed by atoms with E-state index in [1.54, 1.807) is 13.2 Å². The van der Waals surface area contributed by atoms with E-state index in [1.807, 2.05) is 6.07 Å². The van der Waals surface area contributed by atoms with Crippen LogP contribution in [-0.4, -0.2) is 34.7 Å². The van der Waals surface area contributed by atoms with Crippen molar-refractivity contribution in [2.45, 2.75) is 57.9 Å². The van der Waals surface area contributed by atoms with Crippen molar-refractivity contribution in [3.8, 4) is 5.75 Å². The molecule has 0 spiro atoms. The Labute approximate surface area is 160 Å². The van der Waals surface area contributed by atoms with Crippen LogP contribution in [0.15, 0.2) is 21.5 Å². The number of unbranched alkanes of at least 4 members (excludes halogenated alkanes) is 1. The van der Waals surface area contributed by atoms with E-state index in [0.717, 1.165) is 36.0 Å². The normalized spacial score (nSPS) is 20.1. The number of sulfonamides is 1. The van der Waals surface area contributed by atoms with Crippen LogP contribution < -0.4 is 14.4 Å². The van der Waals surface area contributed by atoms with Gasteiger partial charge in [-0.15, -0.1) is 0 Å². The zero-order valence-corrected chi connectivity index (χ0v) is 18.1. The van der Waals surface area contributed by atoms with Crippen molar-refractivity contribution >= 4 is 31.6 Å². The molecule has 1 aliphatic rings. The van der Waals surface area contributed by atoms with E-state index in [2.05, 4.69) is 53.2 Å². The summed E-state index contributed by atoms with van der Waals surface area (Å²) in [5, 5.41) is 0. The summed E-state index contributed by atoms with van der Waals surface area (Å²) in [7, 11) is -2.05. The lowest BCUT2D eigenvalue weighted by Gasteiger charge is -2.33. The standard InChI is InChI=1S/C18H29BrN2O3S/c1-6-7-8-13-11-21(12-18(2,3)4)15-9-14(19)16(24-5)10-17(15)25(22,23)20-13/h9-10,13,20H,6-8,11-12H2,1-5H3/t13-/m1/s1. The van der Waals surface area contributed by atoms with E-state index in [4.69, 9.17) is 4.74 Å². The Balaban J connectivity index is 2.55. The van der Waals surface area contributed by atoms with Gasteiger partial charge in [0.05, 0.1) is 17.3 Å². The maximum Gasteiger partial charge on any atom is 0.243 e. The van der Waals surface area contributed by atoms with E-state index in [-0.39, 0.29) is 16.4 Å². The van der Waals surface area contributed by atoms with Crippen LogP contribution in [0, 0.1) is 5.41 Å². The number of methoxy groups -OCH3 is 1. The minimum absolute atomic E-state index is 0.0487. The zero-order chi connectivity index (χ0) is 18.8. The fourth-order valence-electron chi connectivity index (χ4n) is 3.15. The highest BCUT2D eigenvalue weighted by atomic mass is 79.9. The van der Waals surface area contributed by atoms with Crippen molar-refractivity contribution in [2.24, 2.45) is 5.41 Å². The molecule has 0 unspecified atom stereocenters. The maximum absolute atomic E-state index is 12.9. The van der Waals surface area contributed by atoms with Gasteiger partial charge in [-0.3, -0.25) is 0 Å². The van der Waals surface area contributed by atoms with Gasteiger partial charge in [-0.2, -0.15) is 0 Å². The van der Waals surface area contributed by atoms with Crippen molar-refractivity contribution in [1.82, 2.24) is 4.72 Å². The van der Waals surface area contributed by atoms with Crippen LogP contribution in [0.25, 0.3) is 0 Å². The molecule has 0 saturated carbocycles. The molecule has 0 aliphatic carbocycles. The predicted molar refractivity (Wildman–Crippen MR) is 106 cm³/mol. The van der Waals surface area contributed by atoms with E-state index < -0.39 is 10.0 Å². The molecule has 0 bridgehead atoms. The second-order valence-electron chi connectivity index (χ2n) is 7.86. The molecule has 0 fully saturated rings. The highest BCUT2D eigenvalue weighted by Gasteiger charge is 2.33. The summed E-state index contributed by atoms with van der Waals surface area (Å²) in [6, 6.07) is 3.38. The number of benzene rings is 1. The topological polar surface area (TPSA) is 58.6 Å². The Kier molecular flexibility index (Phi) is 6.44. The van der Waals surface area contributed by atoms with Crippen LogP contribution in [0.4, 0.5) is 5.69 Å². The molecule has 2 rings (SSSR count). The summed E-state index contributed by atoms with van der Waals surface area (Å²) in [6.45, 7) is 10.1. The van der Waals surface area contributed by atoms with Gasteiger partial charge in [-0.25, -0.2) is 13.1 Å². The first-order valence-corrected chi connectivity index (χ1v) is 11.0. The van der Waals surface area contributed by atoms with Gasteiger partial charge in [0.2, 0.25) is 10.0 Å². The number of ether oxygens (including phenoxy) is 1. The van der Waals surface area contributed by atoms with Gasteiger partial charge in [0.25, 0.3) is 0 Å². The fraction of sp³-hybridized carbons (Fsp3) is 0.667. The second kappa shape index (κ2) is 7.84. The molecule has 0 saturated heterocycles. The quantitative estimate of drug-likeness (QED) is 0.758. The largest absolute Gasteiger partial charge is 0.496 e. The highest BCUT2D eigenvalue weighted by Crippen LogP contribution is 2.38. The SMILES string of the molecule is CCCC[C@@H]1CN(CC(C)(C)C)c2cc(Br)c(OC)cc2S(=O)(=O)N1. The minimum Gasteiger partial charge on any atom is -0.496 e. The summed E-state index contributed by atoms with van der Waals surface area (Å²) in [5.41, 5.74) is 0.779. The Bertz CT molecular complexity index is 714. The molecule has 1 aromatic rings. The smallest absolute Gasteiger partial charge is 0.243 e. The monoisotopic (exact) mass is 432 g/mol. The molecule has 25 heavy (non-hydrogen) atoms. The second-order valence-corrected chi connectivity index (χ2v) is 10.4. The Hall–Kier alpha value is -0.790. The molecule has 0 aromatic heterocycles. The third-order valence-corrected chi connectivity index (χ3v) is 6.37. The van der Waals surface area contributed by atoms with Gasteiger partial charge in [0.1, 0.15) is 10.6 Å². The lowest BCUT2D eigenvalue weighted by molar-refractivity contribution is 0.397. The fourth-order valence-corrected chi connectivity index (χ4v) is 5.13. The van der Waals surface area contributed by atoms with Crippen molar-refractivity contribution in [2.75, 3.05) is 25.1 Å². The van der Waals surface area contributed by atoms with E-state index >= 15 is 0 Å². The molecular formula is C18H29BrN2O3S. The van der Waals surface area contributed by atoms with Crippen LogP contribution in [0.3, 0.4) is 0 Å². The predicted octanol–water partition coefficient (Wildman–Crippen LogP) is 4.16. The molecule has 0 amide bonds. The van der Waals surface area contributed by atoms with Crippen molar-refractivity contribution < 1.29 is 13.2 Å². The number of rotatable bonds is 5. The van der Waals surface area contributed by atoms with Gasteiger partial charge in [-0.1, -0.05) is 40.5 Å². The van der Waals surface area contributed by atoms with Crippen LogP contribution in [0.1, 0.15) is 47.0 Å². The molecule has 5 nitrogen and oxygen atoms in total. The van der Waals surface area contributed by atoms with Crippen molar-refractivity contribution in [3.63, 3.8) is 0 Å². The number of nitrogens with one attached hydrogen (secondary N) is 1. The molecule has 1 aromatic carbocycles. The van der Waals surface area contributed by atoms with Gasteiger partial charge in [0.15, 0.2) is 0 Å². The average Bonchev–Trinajstić information content (AvgIpc) is 2.58. The van der Waals surface area contributed by atoms with Crippen LogP contribution >= 0.6 is 15.9 Å². The van der Waals surface area contributed by atoms with Crippen molar-refractivity contribution in [1.29, 1.82) is 0 Å².